The number of aromatic nitrogens is 2. The van der Waals surface area contributed by atoms with E-state index in [-0.39, 0.29) is 42.4 Å². The number of fused-ring (bicyclic) bond motifs is 1. The van der Waals surface area contributed by atoms with Crippen molar-refractivity contribution in [2.45, 2.75) is 83.8 Å². The van der Waals surface area contributed by atoms with Gasteiger partial charge >= 0.3 is 5.97 Å². The van der Waals surface area contributed by atoms with E-state index in [1.165, 1.54) is 23.6 Å². The lowest BCUT2D eigenvalue weighted by Gasteiger charge is -2.43. The van der Waals surface area contributed by atoms with Gasteiger partial charge in [-0.3, -0.25) is 19.2 Å². The van der Waals surface area contributed by atoms with Gasteiger partial charge < -0.3 is 10.1 Å². The molecule has 1 N–H and O–H groups in total. The molecule has 2 heterocycles. The van der Waals surface area contributed by atoms with Crippen molar-refractivity contribution in [1.29, 1.82) is 0 Å². The molecule has 0 saturated heterocycles. The van der Waals surface area contributed by atoms with E-state index in [1.54, 1.807) is 18.7 Å². The number of nitrogens with one attached hydrogen (secondary N) is 1. The van der Waals surface area contributed by atoms with Crippen molar-refractivity contribution in [2.24, 2.45) is 0 Å². The Balaban J connectivity index is 1.72. The van der Waals surface area contributed by atoms with Crippen LogP contribution in [0.4, 0.5) is 5.69 Å². The summed E-state index contributed by atoms with van der Waals surface area (Å²) in [5.41, 5.74) is 0.919. The Morgan fingerprint density at radius 1 is 1.12 bits per heavy atom. The predicted molar refractivity (Wildman–Crippen MR) is 129 cm³/mol. The van der Waals surface area contributed by atoms with Crippen LogP contribution >= 0.6 is 0 Å². The summed E-state index contributed by atoms with van der Waals surface area (Å²) in [5.74, 6) is -1.15. The first kappa shape index (κ1) is 24.0. The van der Waals surface area contributed by atoms with Gasteiger partial charge in [0, 0.05) is 17.8 Å². The van der Waals surface area contributed by atoms with Gasteiger partial charge in [0.25, 0.3) is 5.91 Å². The molecule has 1 aliphatic heterocycles. The van der Waals surface area contributed by atoms with E-state index in [0.29, 0.717) is 5.69 Å². The number of nitrogens with zero attached hydrogens (tertiary/aromatic N) is 3. The molecule has 1 unspecified atom stereocenters. The van der Waals surface area contributed by atoms with Gasteiger partial charge in [0.05, 0.1) is 13.2 Å². The van der Waals surface area contributed by atoms with E-state index < -0.39 is 11.5 Å². The smallest absolute Gasteiger partial charge is 0.358 e. The third-order valence-corrected chi connectivity index (χ3v) is 6.92. The molecule has 1 saturated carbocycles. The number of anilines is 1. The first-order valence-electron chi connectivity index (χ1n) is 12.4. The van der Waals surface area contributed by atoms with Gasteiger partial charge in [-0.15, -0.1) is 0 Å². The monoisotopic (exact) mass is 466 g/mol. The number of amides is 2. The number of carbonyl (C=O) groups excluding carboxylic acids is 3. The molecular formula is C26H34N4O4. The average molecular weight is 467 g/mol. The van der Waals surface area contributed by atoms with Crippen LogP contribution in [0.5, 0.6) is 0 Å². The largest absolute Gasteiger partial charge is 0.461 e. The van der Waals surface area contributed by atoms with E-state index in [9.17, 15) is 14.4 Å². The standard InChI is InChI=1S/C26H34N4O4/c1-4-18-12-14-20(15-13-18)30-23(31)22-16-21(24(32)34-5-2)28-29(22)17-26(30,3)25(33)27-19-10-8-6-7-9-11-19/h12-16,19H,4-11,17H2,1-3H3,(H,27,33). The second kappa shape index (κ2) is 9.99. The third kappa shape index (κ3) is 4.58. The molecule has 8 nitrogen and oxygen atoms in total. The molecule has 4 rings (SSSR count). The van der Waals surface area contributed by atoms with Gasteiger partial charge in [-0.2, -0.15) is 5.10 Å². The van der Waals surface area contributed by atoms with Crippen LogP contribution in [0.1, 0.15) is 85.8 Å². The second-order valence-electron chi connectivity index (χ2n) is 9.39. The summed E-state index contributed by atoms with van der Waals surface area (Å²) < 4.78 is 6.54. The van der Waals surface area contributed by atoms with Crippen molar-refractivity contribution < 1.29 is 19.1 Å². The van der Waals surface area contributed by atoms with Crippen LogP contribution in [0.2, 0.25) is 0 Å². The average Bonchev–Trinajstić information content (AvgIpc) is 3.08. The molecule has 1 aromatic carbocycles. The maximum absolute atomic E-state index is 13.8. The van der Waals surface area contributed by atoms with Crippen LogP contribution in [0, 0.1) is 0 Å². The van der Waals surface area contributed by atoms with Crippen molar-refractivity contribution in [2.75, 3.05) is 11.5 Å². The number of esters is 1. The highest BCUT2D eigenvalue weighted by Crippen LogP contribution is 2.33. The Labute approximate surface area is 200 Å². The lowest BCUT2D eigenvalue weighted by Crippen LogP contribution is -2.65. The molecule has 0 bridgehead atoms. The molecule has 1 aromatic heterocycles. The Kier molecular flexibility index (Phi) is 7.05. The van der Waals surface area contributed by atoms with E-state index in [0.717, 1.165) is 37.7 Å². The molecule has 182 valence electrons. The van der Waals surface area contributed by atoms with Crippen LogP contribution in [-0.4, -0.2) is 45.8 Å². The summed E-state index contributed by atoms with van der Waals surface area (Å²) in [6.07, 6.45) is 7.33. The summed E-state index contributed by atoms with van der Waals surface area (Å²) in [5, 5.41) is 7.56. The number of hydrogen-bond acceptors (Lipinski definition) is 5. The first-order chi connectivity index (χ1) is 16.4. The Morgan fingerprint density at radius 3 is 2.41 bits per heavy atom. The zero-order chi connectivity index (χ0) is 24.3. The fourth-order valence-electron chi connectivity index (χ4n) is 4.94. The van der Waals surface area contributed by atoms with E-state index in [2.05, 4.69) is 17.3 Å². The molecule has 2 aromatic rings. The number of rotatable bonds is 6. The zero-order valence-electron chi connectivity index (χ0n) is 20.3. The molecule has 0 radical (unpaired) electrons. The van der Waals surface area contributed by atoms with Gasteiger partial charge in [-0.05, 0) is 50.8 Å². The number of aryl methyl sites for hydroxylation is 1. The van der Waals surface area contributed by atoms with Crippen LogP contribution < -0.4 is 10.2 Å². The van der Waals surface area contributed by atoms with E-state index >= 15 is 0 Å². The fourth-order valence-corrected chi connectivity index (χ4v) is 4.94. The summed E-state index contributed by atoms with van der Waals surface area (Å²) in [6.45, 7) is 5.92. The van der Waals surface area contributed by atoms with Gasteiger partial charge in [0.2, 0.25) is 5.91 Å². The minimum atomic E-state index is -1.21. The predicted octanol–water partition coefficient (Wildman–Crippen LogP) is 3.88. The Morgan fingerprint density at radius 2 is 1.79 bits per heavy atom. The lowest BCUT2D eigenvalue weighted by atomic mass is 9.93. The SMILES string of the molecule is CCOC(=O)c1cc2n(n1)CC(C)(C(=O)NC1CCCCCC1)N(c1ccc(CC)cc1)C2=O. The molecule has 1 fully saturated rings. The number of carbonyl (C=O) groups is 3. The Hall–Kier alpha value is -3.16. The zero-order valence-corrected chi connectivity index (χ0v) is 20.3. The second-order valence-corrected chi connectivity index (χ2v) is 9.39. The van der Waals surface area contributed by atoms with E-state index in [4.69, 9.17) is 4.74 Å². The molecular weight excluding hydrogens is 432 g/mol. The molecule has 34 heavy (non-hydrogen) atoms. The number of hydrogen-bond donors (Lipinski definition) is 1. The summed E-state index contributed by atoms with van der Waals surface area (Å²) >= 11 is 0. The van der Waals surface area contributed by atoms with Gasteiger partial charge in [0.15, 0.2) is 5.69 Å². The topological polar surface area (TPSA) is 93.5 Å². The van der Waals surface area contributed by atoms with Gasteiger partial charge in [-0.1, -0.05) is 44.7 Å². The highest BCUT2D eigenvalue weighted by molar-refractivity contribution is 6.12. The van der Waals surface area contributed by atoms with Crippen LogP contribution in [-0.2, 0) is 22.5 Å². The summed E-state index contributed by atoms with van der Waals surface area (Å²) in [4.78, 5) is 41.4. The number of benzene rings is 1. The minimum absolute atomic E-state index is 0.0694. The molecule has 1 atom stereocenters. The fraction of sp³-hybridized carbons (Fsp3) is 0.538. The lowest BCUT2D eigenvalue weighted by molar-refractivity contribution is -0.127. The maximum Gasteiger partial charge on any atom is 0.358 e. The molecule has 0 spiro atoms. The first-order valence-corrected chi connectivity index (χ1v) is 12.4. The van der Waals surface area contributed by atoms with Crippen molar-refractivity contribution in [3.05, 3.63) is 47.3 Å². The Bertz CT molecular complexity index is 1050. The minimum Gasteiger partial charge on any atom is -0.461 e. The summed E-state index contributed by atoms with van der Waals surface area (Å²) in [7, 11) is 0. The van der Waals surface area contributed by atoms with Crippen molar-refractivity contribution in [3.63, 3.8) is 0 Å². The molecule has 8 heteroatoms. The van der Waals surface area contributed by atoms with Gasteiger partial charge in [-0.25, -0.2) is 4.79 Å². The maximum atomic E-state index is 13.8. The quantitative estimate of drug-likeness (QED) is 0.515. The molecule has 1 aliphatic carbocycles. The molecule has 2 aliphatic rings. The normalized spacial score (nSPS) is 21.0. The van der Waals surface area contributed by atoms with Gasteiger partial charge in [0.1, 0.15) is 11.2 Å². The van der Waals surface area contributed by atoms with Crippen molar-refractivity contribution >= 4 is 23.5 Å². The van der Waals surface area contributed by atoms with Crippen LogP contribution in [0.15, 0.2) is 30.3 Å². The van der Waals surface area contributed by atoms with E-state index in [1.807, 2.05) is 24.3 Å². The molecule has 2 amide bonds. The highest BCUT2D eigenvalue weighted by atomic mass is 16.5. The van der Waals surface area contributed by atoms with Crippen molar-refractivity contribution in [3.8, 4) is 0 Å². The number of ether oxygens (including phenoxy) is 1. The van der Waals surface area contributed by atoms with Crippen LogP contribution in [0.25, 0.3) is 0 Å². The van der Waals surface area contributed by atoms with Crippen molar-refractivity contribution in [1.82, 2.24) is 15.1 Å². The summed E-state index contributed by atoms with van der Waals surface area (Å²) in [6, 6.07) is 9.26. The third-order valence-electron chi connectivity index (χ3n) is 6.92. The highest BCUT2D eigenvalue weighted by Gasteiger charge is 2.49. The van der Waals surface area contributed by atoms with Crippen LogP contribution in [0.3, 0.4) is 0 Å².